The monoisotopic (exact) mass is 268 g/mol. The van der Waals surface area contributed by atoms with Gasteiger partial charge in [0.1, 0.15) is 16.1 Å². The molecule has 3 rings (SSSR count). The number of nitrogen functional groups attached to an aromatic ring is 1. The van der Waals surface area contributed by atoms with Crippen molar-refractivity contribution in [2.24, 2.45) is 0 Å². The third kappa shape index (κ3) is 2.27. The van der Waals surface area contributed by atoms with Gasteiger partial charge in [0.2, 0.25) is 0 Å². The van der Waals surface area contributed by atoms with Crippen LogP contribution < -0.4 is 5.73 Å². The molecule has 0 fully saturated rings. The first-order valence-electron chi connectivity index (χ1n) is 6.09. The summed E-state index contributed by atoms with van der Waals surface area (Å²) in [5, 5.41) is 10.6. The van der Waals surface area contributed by atoms with E-state index in [1.54, 1.807) is 18.3 Å². The van der Waals surface area contributed by atoms with Gasteiger partial charge in [0.25, 0.3) is 0 Å². The molecule has 0 aliphatic heterocycles. The summed E-state index contributed by atoms with van der Waals surface area (Å²) >= 11 is 1.36. The van der Waals surface area contributed by atoms with Crippen LogP contribution in [0.25, 0.3) is 0 Å². The molecule has 0 radical (unpaired) electrons. The lowest BCUT2D eigenvalue weighted by molar-refractivity contribution is 0.890. The molecule has 0 amide bonds. The lowest BCUT2D eigenvalue weighted by atomic mass is 10.2. The van der Waals surface area contributed by atoms with E-state index in [9.17, 15) is 5.26 Å². The van der Waals surface area contributed by atoms with E-state index in [-0.39, 0.29) is 0 Å². The summed E-state index contributed by atoms with van der Waals surface area (Å²) in [6, 6.07) is 7.76. The van der Waals surface area contributed by atoms with Gasteiger partial charge in [-0.05, 0) is 54.8 Å². The summed E-state index contributed by atoms with van der Waals surface area (Å²) in [5.74, 6) is 0. The molecule has 2 N–H and O–H groups in total. The number of hydrogen-bond acceptors (Lipinski definition) is 5. The number of aromatic nitrogens is 2. The fraction of sp³-hybridized carbons (Fsp3) is 0.214. The highest BCUT2D eigenvalue weighted by Crippen LogP contribution is 2.33. The molecule has 0 bridgehead atoms. The number of fused-ring (bicyclic) bond motifs is 1. The first kappa shape index (κ1) is 12.0. The Bertz CT molecular complexity index is 676. The average molecular weight is 268 g/mol. The van der Waals surface area contributed by atoms with Crippen LogP contribution in [0.5, 0.6) is 0 Å². The van der Waals surface area contributed by atoms with Crippen LogP contribution in [0.4, 0.5) is 5.69 Å². The Labute approximate surface area is 115 Å². The molecule has 2 heterocycles. The first-order valence-corrected chi connectivity index (χ1v) is 6.91. The van der Waals surface area contributed by atoms with Crippen molar-refractivity contribution in [2.45, 2.75) is 29.3 Å². The topological polar surface area (TPSA) is 75.6 Å². The maximum Gasteiger partial charge on any atom is 0.125 e. The molecule has 0 unspecified atom stereocenters. The highest BCUT2D eigenvalue weighted by molar-refractivity contribution is 7.99. The van der Waals surface area contributed by atoms with Gasteiger partial charge in [0, 0.05) is 11.9 Å². The largest absolute Gasteiger partial charge is 0.397 e. The molecular weight excluding hydrogens is 256 g/mol. The Morgan fingerprint density at radius 3 is 3.00 bits per heavy atom. The van der Waals surface area contributed by atoms with Crippen LogP contribution in [0.3, 0.4) is 0 Å². The molecule has 0 aromatic carbocycles. The van der Waals surface area contributed by atoms with Crippen LogP contribution in [-0.2, 0) is 12.8 Å². The van der Waals surface area contributed by atoms with E-state index in [2.05, 4.69) is 16.0 Å². The molecule has 0 atom stereocenters. The third-order valence-electron chi connectivity index (χ3n) is 3.13. The third-order valence-corrected chi connectivity index (χ3v) is 4.17. The van der Waals surface area contributed by atoms with Crippen molar-refractivity contribution in [3.8, 4) is 6.07 Å². The second-order valence-corrected chi connectivity index (χ2v) is 5.39. The average Bonchev–Trinajstić information content (AvgIpc) is 2.87. The minimum atomic E-state index is 0.607. The summed E-state index contributed by atoms with van der Waals surface area (Å²) in [5.41, 5.74) is 9.41. The van der Waals surface area contributed by atoms with Crippen molar-refractivity contribution < 1.29 is 0 Å². The molecular formula is C14H12N4S. The van der Waals surface area contributed by atoms with Crippen molar-refractivity contribution in [1.29, 1.82) is 5.26 Å². The van der Waals surface area contributed by atoms with Gasteiger partial charge in [-0.25, -0.2) is 9.97 Å². The van der Waals surface area contributed by atoms with Gasteiger partial charge < -0.3 is 5.73 Å². The van der Waals surface area contributed by atoms with Crippen LogP contribution in [0.15, 0.2) is 34.4 Å². The number of aryl methyl sites for hydroxylation is 2. The molecule has 19 heavy (non-hydrogen) atoms. The first-order chi connectivity index (χ1) is 9.28. The second kappa shape index (κ2) is 4.90. The van der Waals surface area contributed by atoms with Gasteiger partial charge in [-0.1, -0.05) is 0 Å². The smallest absolute Gasteiger partial charge is 0.125 e. The summed E-state index contributed by atoms with van der Waals surface area (Å²) in [4.78, 5) is 8.84. The lowest BCUT2D eigenvalue weighted by Gasteiger charge is -2.07. The molecule has 1 aliphatic rings. The highest BCUT2D eigenvalue weighted by atomic mass is 32.2. The van der Waals surface area contributed by atoms with Crippen LogP contribution in [0.1, 0.15) is 23.2 Å². The number of nitrogens with zero attached hydrogens (tertiary/aromatic N) is 3. The normalized spacial score (nSPS) is 13.0. The Kier molecular flexibility index (Phi) is 3.10. The Hall–Kier alpha value is -2.06. The number of rotatable bonds is 2. The molecule has 0 saturated heterocycles. The van der Waals surface area contributed by atoms with Gasteiger partial charge in [-0.2, -0.15) is 5.26 Å². The maximum absolute atomic E-state index is 9.24. The van der Waals surface area contributed by atoms with Crippen LogP contribution in [0.2, 0.25) is 0 Å². The summed E-state index contributed by atoms with van der Waals surface area (Å²) in [6.07, 6.45) is 4.82. The predicted molar refractivity (Wildman–Crippen MR) is 73.7 cm³/mol. The lowest BCUT2D eigenvalue weighted by Crippen LogP contribution is -1.97. The number of nitriles is 1. The molecule has 1 aliphatic carbocycles. The van der Waals surface area contributed by atoms with Crippen LogP contribution in [-0.4, -0.2) is 9.97 Å². The SMILES string of the molecule is N#Cc1cc2c(nc1Sc1ncccc1N)CCC2. The van der Waals surface area contributed by atoms with Gasteiger partial charge in [0.15, 0.2) is 0 Å². The van der Waals surface area contributed by atoms with E-state index in [1.165, 1.54) is 17.3 Å². The van der Waals surface area contributed by atoms with Crippen molar-refractivity contribution >= 4 is 17.4 Å². The quantitative estimate of drug-likeness (QED) is 0.906. The van der Waals surface area contributed by atoms with Crippen molar-refractivity contribution in [1.82, 2.24) is 9.97 Å². The van der Waals surface area contributed by atoms with Gasteiger partial charge in [0.05, 0.1) is 11.3 Å². The summed E-state index contributed by atoms with van der Waals surface area (Å²) in [7, 11) is 0. The zero-order valence-corrected chi connectivity index (χ0v) is 11.1. The fourth-order valence-corrected chi connectivity index (χ4v) is 3.04. The van der Waals surface area contributed by atoms with E-state index in [4.69, 9.17) is 5.73 Å². The molecule has 4 nitrogen and oxygen atoms in total. The summed E-state index contributed by atoms with van der Waals surface area (Å²) < 4.78 is 0. The predicted octanol–water partition coefficient (Wildman–Crippen LogP) is 2.57. The van der Waals surface area contributed by atoms with Gasteiger partial charge in [-0.15, -0.1) is 0 Å². The number of hydrogen-bond donors (Lipinski definition) is 1. The highest BCUT2D eigenvalue weighted by Gasteiger charge is 2.17. The van der Waals surface area contributed by atoms with E-state index in [1.807, 2.05) is 6.07 Å². The Morgan fingerprint density at radius 1 is 1.32 bits per heavy atom. The van der Waals surface area contributed by atoms with Gasteiger partial charge in [-0.3, -0.25) is 0 Å². The zero-order valence-electron chi connectivity index (χ0n) is 10.3. The van der Waals surface area contributed by atoms with Crippen LogP contribution >= 0.6 is 11.8 Å². The second-order valence-electron chi connectivity index (χ2n) is 4.41. The molecule has 2 aromatic heterocycles. The minimum absolute atomic E-state index is 0.607. The van der Waals surface area contributed by atoms with E-state index in [0.29, 0.717) is 21.3 Å². The van der Waals surface area contributed by atoms with Crippen molar-refractivity contribution in [3.63, 3.8) is 0 Å². The molecule has 94 valence electrons. The maximum atomic E-state index is 9.24. The van der Waals surface area contributed by atoms with E-state index in [0.717, 1.165) is 25.0 Å². The fourth-order valence-electron chi connectivity index (χ4n) is 2.19. The molecule has 5 heteroatoms. The van der Waals surface area contributed by atoms with E-state index >= 15 is 0 Å². The van der Waals surface area contributed by atoms with Crippen molar-refractivity contribution in [3.05, 3.63) is 41.2 Å². The van der Waals surface area contributed by atoms with Crippen LogP contribution in [0, 0.1) is 11.3 Å². The number of nitrogens with two attached hydrogens (primary N) is 1. The van der Waals surface area contributed by atoms with E-state index < -0.39 is 0 Å². The van der Waals surface area contributed by atoms with Gasteiger partial charge >= 0.3 is 0 Å². The summed E-state index contributed by atoms with van der Waals surface area (Å²) in [6.45, 7) is 0. The molecule has 2 aromatic rings. The molecule has 0 saturated carbocycles. The molecule has 0 spiro atoms. The van der Waals surface area contributed by atoms with Crippen molar-refractivity contribution in [2.75, 3.05) is 5.73 Å². The standard InChI is InChI=1S/C14H12N4S/c15-8-10-7-9-3-1-5-12(9)18-13(10)19-14-11(16)4-2-6-17-14/h2,4,6-7H,1,3,5,16H2. The zero-order chi connectivity index (χ0) is 13.2. The number of pyridine rings is 2. The Balaban J connectivity index is 2.02. The Morgan fingerprint density at radius 2 is 2.21 bits per heavy atom. The minimum Gasteiger partial charge on any atom is -0.397 e. The number of anilines is 1.